The van der Waals surface area contributed by atoms with E-state index in [1.165, 1.54) is 30.8 Å². The van der Waals surface area contributed by atoms with Crippen LogP contribution in [0.25, 0.3) is 22.3 Å². The quantitative estimate of drug-likeness (QED) is 0.0141. The molecule has 0 radical (unpaired) electrons. The predicted molar refractivity (Wildman–Crippen MR) is 446 cm³/mol. The minimum absolute atomic E-state index is 0.0102. The van der Waals surface area contributed by atoms with Crippen LogP contribution in [0.4, 0.5) is 5.69 Å². The van der Waals surface area contributed by atoms with Gasteiger partial charge >= 0.3 is 0 Å². The van der Waals surface area contributed by atoms with Gasteiger partial charge in [-0.2, -0.15) is 11.8 Å². The lowest BCUT2D eigenvalue weighted by Gasteiger charge is -2.34. The summed E-state index contributed by atoms with van der Waals surface area (Å²) in [6.07, 6.45) is -11.6. The lowest BCUT2D eigenvalue weighted by atomic mass is 9.96. The van der Waals surface area contributed by atoms with Crippen LogP contribution >= 0.6 is 11.8 Å². The largest absolute Gasteiger partial charge is 0.506 e. The number of unbranched alkanes of at least 4 members (excludes halogenated alkanes) is 3. The van der Waals surface area contributed by atoms with Crippen LogP contribution in [0.2, 0.25) is 0 Å². The van der Waals surface area contributed by atoms with E-state index in [4.69, 9.17) is 10.5 Å². The Hall–Kier alpha value is -10.7. The fourth-order valence-corrected chi connectivity index (χ4v) is 15.0. The van der Waals surface area contributed by atoms with Gasteiger partial charge in [-0.25, -0.2) is 0 Å². The molecule has 3 aliphatic rings. The van der Waals surface area contributed by atoms with Crippen molar-refractivity contribution in [1.29, 1.82) is 0 Å². The number of phenols is 1. The van der Waals surface area contributed by atoms with E-state index in [0.717, 1.165) is 83.5 Å². The Kier molecular flexibility index (Phi) is 36.3. The zero-order valence-electron chi connectivity index (χ0n) is 68.7. The predicted octanol–water partition coefficient (Wildman–Crippen LogP) is -0.249. The number of hydrogen-bond acceptors (Lipinski definition) is 24. The van der Waals surface area contributed by atoms with Gasteiger partial charge in [0.2, 0.25) is 65.5 Å². The molecule has 121 heavy (non-hydrogen) atoms. The summed E-state index contributed by atoms with van der Waals surface area (Å²) >= 11 is 1.47. The summed E-state index contributed by atoms with van der Waals surface area (Å²) in [5.74, 6) is -11.9. The number of thioether (sulfide) groups is 1. The van der Waals surface area contributed by atoms with Gasteiger partial charge in [-0.15, -0.1) is 0 Å². The van der Waals surface area contributed by atoms with Crippen molar-refractivity contribution in [2.75, 3.05) is 43.6 Å². The molecule has 0 bridgehead atoms. The highest BCUT2D eigenvalue weighted by molar-refractivity contribution is 7.98. The highest BCUT2D eigenvalue weighted by Gasteiger charge is 2.51. The van der Waals surface area contributed by atoms with Crippen molar-refractivity contribution < 1.29 is 108 Å². The highest BCUT2D eigenvalue weighted by atomic mass is 32.2. The normalized spacial score (nSPS) is 23.3. The molecule has 0 aliphatic carbocycles. The van der Waals surface area contributed by atoms with Gasteiger partial charge in [-0.05, 0) is 140 Å². The summed E-state index contributed by atoms with van der Waals surface area (Å²) in [4.78, 5) is 171. The third-order valence-electron chi connectivity index (χ3n) is 21.5. The van der Waals surface area contributed by atoms with Gasteiger partial charge in [0.05, 0.1) is 42.8 Å². The molecule has 12 amide bonds. The second-order valence-corrected chi connectivity index (χ2v) is 32.4. The molecular formula is C85H115N13O22S. The Labute approximate surface area is 705 Å². The second kappa shape index (κ2) is 45.8. The van der Waals surface area contributed by atoms with Crippen LogP contribution in [0.1, 0.15) is 133 Å². The van der Waals surface area contributed by atoms with E-state index in [9.17, 15) is 103 Å². The van der Waals surface area contributed by atoms with E-state index in [1.807, 2.05) is 68.6 Å². The van der Waals surface area contributed by atoms with Crippen molar-refractivity contribution in [3.8, 4) is 33.8 Å². The standard InChI is InChI=1S/C85H115N13O22S/c1-8-9-15-35-120-57-30-27-53(28-31-57)51-21-19-50(20-22-51)52-23-25-54(26-24-52)74(108)90-63-41-66(104)81(115)96-83(117)70-71(105)46(4)42-98(70)85(119)68(48(6)101)94-82(116)69(95-80(114)64-40-56(102)43-97(64)84(118)67(47(5)100)93-79(63)113)73(107)72(106)55-29-32-65(103)60(39-55)89-75(109)58(86)18-13-14-34-87-76(110)62(38-49-16-11-10-12-17-49)92-78(112)61(37-45(2)3)91-77(111)59(88-44-99)33-36-121-7/h10-12,16-17,19-32,39,44-48,56,58-59,61-64,66-73,81,100-107,115H,8-9,13-15,18,33-38,40-43,86H2,1-7H3,(H,87,110)(H,88,99)(H,89,109)(H,90,108)(H,91,111)(H,92,112)(H,93,113)(H,94,116)(H,95,114)(H,96,117)/t46-,47+,48+,56+,58-,59-,61-,62-,63-,64-,66+,67-,68-,69-,70-,71-,72-,73-,81+/m0/s1. The molecule has 36 heteroatoms. The lowest BCUT2D eigenvalue weighted by molar-refractivity contribution is -0.148. The maximum absolute atomic E-state index is 14.9. The molecule has 5 aromatic carbocycles. The van der Waals surface area contributed by atoms with Gasteiger partial charge < -0.3 is 119 Å². The van der Waals surface area contributed by atoms with Crippen LogP contribution in [-0.4, -0.2) is 269 Å². The third kappa shape index (κ3) is 26.7. The van der Waals surface area contributed by atoms with Gasteiger partial charge in [0, 0.05) is 50.4 Å². The zero-order chi connectivity index (χ0) is 88.5. The SMILES string of the molecule is CCCCCOc1ccc(-c2ccc(-c3ccc(C(=O)N[C@H]4C[C@@H](O)[C@@H](O)NC(=O)[C@@H]5[C@@H](O)[C@@H](C)CN5C(=O)[C@H]([C@@H](C)O)NC(=O)[C@H]([C@H](O)[C@@H](O)c5ccc(O)c(NC(=O)[C@@H](N)CCCCNC(=O)[C@H](Cc6ccccc6)NC(=O)[C@H](CC(C)C)NC(=O)[C@H](CCSC)NC=O)c5)NC(=O)[C@@H]5C[C@@H](O)CN5C(=O)[C@H]([C@@H](C)O)NC4=O)cc3)cc2)cc1. The van der Waals surface area contributed by atoms with Gasteiger partial charge in [-0.1, -0.05) is 125 Å². The van der Waals surface area contributed by atoms with E-state index in [-0.39, 0.29) is 55.7 Å². The van der Waals surface area contributed by atoms with Crippen molar-refractivity contribution in [3.05, 3.63) is 138 Å². The number of hydrogen-bond donors (Lipinski definition) is 20. The third-order valence-corrected chi connectivity index (χ3v) is 22.1. The molecule has 21 N–H and O–H groups in total. The molecule has 19 atom stereocenters. The number of carbonyl (C=O) groups is 12. The summed E-state index contributed by atoms with van der Waals surface area (Å²) in [6.45, 7) is 8.90. The first kappa shape index (κ1) is 95.8. The Morgan fingerprint density at radius 3 is 1.83 bits per heavy atom. The molecule has 3 heterocycles. The number of phenolic OH excluding ortho intramolecular Hbond substituents is 1. The van der Waals surface area contributed by atoms with E-state index in [0.29, 0.717) is 36.3 Å². The number of fused-ring (bicyclic) bond motifs is 2. The molecule has 0 unspecified atom stereocenters. The first-order valence-corrected chi connectivity index (χ1v) is 42.0. The Bertz CT molecular complexity index is 4340. The summed E-state index contributed by atoms with van der Waals surface area (Å²) < 4.78 is 5.86. The number of amides is 12. The fraction of sp³-hybridized carbons (Fsp3) is 0.506. The fourth-order valence-electron chi connectivity index (χ4n) is 14.5. The number of anilines is 1. The number of aliphatic hydroxyl groups excluding tert-OH is 8. The van der Waals surface area contributed by atoms with Crippen LogP contribution in [0.5, 0.6) is 11.5 Å². The summed E-state index contributed by atoms with van der Waals surface area (Å²) in [5, 5.41) is 129. The van der Waals surface area contributed by atoms with Crippen molar-refractivity contribution >= 4 is 88.8 Å². The molecule has 3 aliphatic heterocycles. The maximum atomic E-state index is 14.9. The summed E-state index contributed by atoms with van der Waals surface area (Å²) in [6, 6.07) is 16.6. The van der Waals surface area contributed by atoms with Crippen LogP contribution in [0.3, 0.4) is 0 Å². The first-order valence-electron chi connectivity index (χ1n) is 40.7. The Morgan fingerprint density at radius 1 is 0.636 bits per heavy atom. The molecule has 3 saturated heterocycles. The van der Waals surface area contributed by atoms with Crippen molar-refractivity contribution in [2.45, 2.75) is 222 Å². The topological polar surface area (TPSA) is 549 Å². The number of nitrogens with two attached hydrogens (primary N) is 1. The number of aromatic hydroxyl groups is 1. The smallest absolute Gasteiger partial charge is 0.251 e. The number of benzene rings is 5. The van der Waals surface area contributed by atoms with Gasteiger partial charge in [0.1, 0.15) is 84.2 Å². The zero-order valence-corrected chi connectivity index (χ0v) is 69.5. The maximum Gasteiger partial charge on any atom is 0.251 e. The van der Waals surface area contributed by atoms with Gasteiger partial charge in [0.15, 0.2) is 6.23 Å². The van der Waals surface area contributed by atoms with Crippen LogP contribution in [0, 0.1) is 11.8 Å². The van der Waals surface area contributed by atoms with E-state index < -0.39 is 218 Å². The molecular weight excluding hydrogens is 1590 g/mol. The van der Waals surface area contributed by atoms with Gasteiger partial charge in [0.25, 0.3) is 5.91 Å². The monoisotopic (exact) mass is 1700 g/mol. The number of nitrogens with zero attached hydrogens (tertiary/aromatic N) is 2. The van der Waals surface area contributed by atoms with Crippen molar-refractivity contribution in [2.24, 2.45) is 17.6 Å². The number of carbonyl (C=O) groups excluding carboxylic acids is 12. The van der Waals surface area contributed by atoms with E-state index >= 15 is 0 Å². The number of nitrogens with one attached hydrogen (secondary N) is 10. The molecule has 3 fully saturated rings. The average molecular weight is 1700 g/mol. The van der Waals surface area contributed by atoms with Crippen molar-refractivity contribution in [1.82, 2.24) is 57.7 Å². The average Bonchev–Trinajstić information content (AvgIpc) is 1.76. The molecule has 0 aromatic heterocycles. The lowest BCUT2D eigenvalue weighted by Crippen LogP contribution is -2.64. The summed E-state index contributed by atoms with van der Waals surface area (Å²) in [5.41, 5.74) is 9.58. The van der Waals surface area contributed by atoms with Crippen LogP contribution in [-0.2, 0) is 59.2 Å². The minimum atomic E-state index is -2.55. The molecule has 5 aromatic rings. The number of rotatable bonds is 35. The molecule has 0 spiro atoms. The first-order chi connectivity index (χ1) is 57.6. The van der Waals surface area contributed by atoms with Gasteiger partial charge in [-0.3, -0.25) is 57.5 Å². The number of aliphatic hydroxyl groups is 8. The summed E-state index contributed by atoms with van der Waals surface area (Å²) in [7, 11) is 0. The Morgan fingerprint density at radius 2 is 1.22 bits per heavy atom. The second-order valence-electron chi connectivity index (χ2n) is 31.4. The highest BCUT2D eigenvalue weighted by Crippen LogP contribution is 2.33. The molecule has 0 saturated carbocycles. The Balaban J connectivity index is 0.984. The molecule has 35 nitrogen and oxygen atoms in total. The van der Waals surface area contributed by atoms with Crippen LogP contribution in [0.15, 0.2) is 121 Å². The van der Waals surface area contributed by atoms with E-state index in [2.05, 4.69) is 60.1 Å². The molecule has 658 valence electrons. The number of ether oxygens (including phenoxy) is 1. The van der Waals surface area contributed by atoms with Crippen molar-refractivity contribution in [3.63, 3.8) is 0 Å². The van der Waals surface area contributed by atoms with Crippen LogP contribution < -0.4 is 63.6 Å². The van der Waals surface area contributed by atoms with E-state index in [1.54, 1.807) is 42.5 Å². The minimum Gasteiger partial charge on any atom is -0.506 e. The molecule has 8 rings (SSSR count).